The Morgan fingerprint density at radius 2 is 1.84 bits per heavy atom. The van der Waals surface area contributed by atoms with Crippen LogP contribution < -0.4 is 10.1 Å². The number of hydrogen-bond donors (Lipinski definition) is 3. The van der Waals surface area contributed by atoms with Gasteiger partial charge < -0.3 is 14.8 Å². The first-order valence-electron chi connectivity index (χ1n) is 11.9. The van der Waals surface area contributed by atoms with Crippen molar-refractivity contribution in [1.29, 1.82) is 0 Å². The number of esters is 1. The van der Waals surface area contributed by atoms with Gasteiger partial charge in [0.05, 0.1) is 0 Å². The SMILES string of the molecule is O=C(CC1CCCc2c(C(=O)Nc3ccc4n[nH]nc4c3)n[nH]c2C1)OCc1ccc(OC(F)(F)F)cc1. The molecule has 4 aromatic rings. The van der Waals surface area contributed by atoms with Crippen LogP contribution in [0.1, 0.15) is 46.6 Å². The zero-order chi connectivity index (χ0) is 26.7. The molecule has 0 saturated carbocycles. The molecule has 1 atom stereocenters. The van der Waals surface area contributed by atoms with Crippen molar-refractivity contribution in [3.63, 3.8) is 0 Å². The van der Waals surface area contributed by atoms with Crippen molar-refractivity contribution in [3.8, 4) is 5.75 Å². The molecule has 1 aliphatic rings. The van der Waals surface area contributed by atoms with Crippen molar-refractivity contribution in [2.24, 2.45) is 5.92 Å². The van der Waals surface area contributed by atoms with E-state index in [1.165, 1.54) is 24.3 Å². The molecule has 0 saturated heterocycles. The molecule has 0 fully saturated rings. The number of H-pyrrole nitrogens is 2. The number of carbonyl (C=O) groups excluding carboxylic acids is 2. The van der Waals surface area contributed by atoms with Crippen LogP contribution in [0, 0.1) is 5.92 Å². The molecule has 1 unspecified atom stereocenters. The van der Waals surface area contributed by atoms with Gasteiger partial charge in [0, 0.05) is 23.4 Å². The van der Waals surface area contributed by atoms with E-state index in [0.717, 1.165) is 24.1 Å². The van der Waals surface area contributed by atoms with Crippen LogP contribution in [0.4, 0.5) is 18.9 Å². The first-order valence-corrected chi connectivity index (χ1v) is 11.9. The smallest absolute Gasteiger partial charge is 0.461 e. The summed E-state index contributed by atoms with van der Waals surface area (Å²) in [5, 5.41) is 20.6. The number of rotatable bonds is 7. The van der Waals surface area contributed by atoms with Crippen molar-refractivity contribution in [1.82, 2.24) is 25.6 Å². The maximum atomic E-state index is 12.9. The summed E-state index contributed by atoms with van der Waals surface area (Å²) in [6, 6.07) is 10.4. The first kappa shape index (κ1) is 25.2. The van der Waals surface area contributed by atoms with Crippen LogP contribution in [0.15, 0.2) is 42.5 Å². The lowest BCUT2D eigenvalue weighted by molar-refractivity contribution is -0.274. The Kier molecular flexibility index (Phi) is 6.99. The number of alkyl halides is 3. The monoisotopic (exact) mass is 528 g/mol. The van der Waals surface area contributed by atoms with Crippen molar-refractivity contribution in [2.75, 3.05) is 5.32 Å². The lowest BCUT2D eigenvalue weighted by Crippen LogP contribution is -2.17. The highest BCUT2D eigenvalue weighted by Gasteiger charge is 2.31. The van der Waals surface area contributed by atoms with Crippen molar-refractivity contribution < 1.29 is 32.2 Å². The van der Waals surface area contributed by atoms with Crippen molar-refractivity contribution in [2.45, 2.75) is 45.1 Å². The molecule has 2 aromatic heterocycles. The van der Waals surface area contributed by atoms with E-state index in [0.29, 0.717) is 40.8 Å². The standard InChI is InChI=1S/C25H23F3N6O4/c26-25(27,28)38-17-7-4-14(5-8-17)13-37-22(35)11-15-2-1-3-18-20(10-15)30-33-23(18)24(36)29-16-6-9-19-21(12-16)32-34-31-19/h4-9,12,15H,1-3,10-11,13H2,(H,29,36)(H,30,33)(H,31,32,34). The van der Waals surface area contributed by atoms with Crippen molar-refractivity contribution >= 4 is 28.6 Å². The minimum atomic E-state index is -4.76. The van der Waals surface area contributed by atoms with Crippen LogP contribution in [0.2, 0.25) is 0 Å². The summed E-state index contributed by atoms with van der Waals surface area (Å²) in [4.78, 5) is 25.4. The number of ether oxygens (including phenoxy) is 2. The van der Waals surface area contributed by atoms with Gasteiger partial charge in [0.1, 0.15) is 23.4 Å². The van der Waals surface area contributed by atoms with Gasteiger partial charge in [-0.1, -0.05) is 12.1 Å². The number of halogens is 3. The molecular weight excluding hydrogens is 505 g/mol. The Morgan fingerprint density at radius 1 is 1.05 bits per heavy atom. The number of anilines is 1. The Morgan fingerprint density at radius 3 is 2.63 bits per heavy atom. The number of nitrogens with zero attached hydrogens (tertiary/aromatic N) is 3. The number of benzene rings is 2. The quantitative estimate of drug-likeness (QED) is 0.238. The molecule has 3 N–H and O–H groups in total. The van der Waals surface area contributed by atoms with E-state index in [2.05, 4.69) is 35.7 Å². The van der Waals surface area contributed by atoms with Gasteiger partial charge in [-0.2, -0.15) is 20.5 Å². The third-order valence-corrected chi connectivity index (χ3v) is 6.29. The molecule has 0 aliphatic heterocycles. The fourth-order valence-electron chi connectivity index (χ4n) is 4.51. The topological polar surface area (TPSA) is 135 Å². The summed E-state index contributed by atoms with van der Waals surface area (Å²) in [6.45, 7) is -0.0579. The summed E-state index contributed by atoms with van der Waals surface area (Å²) in [6.07, 6.45) is -1.86. The minimum absolute atomic E-state index is 0.00255. The molecule has 13 heteroatoms. The fraction of sp³-hybridized carbons (Fsp3) is 0.320. The largest absolute Gasteiger partial charge is 0.573 e. The number of carbonyl (C=O) groups is 2. The summed E-state index contributed by atoms with van der Waals surface area (Å²) in [7, 11) is 0. The first-order chi connectivity index (χ1) is 18.2. The zero-order valence-corrected chi connectivity index (χ0v) is 20.0. The molecule has 0 spiro atoms. The average molecular weight is 528 g/mol. The van der Waals surface area contributed by atoms with Crippen LogP contribution in [-0.2, 0) is 29.0 Å². The predicted molar refractivity (Wildman–Crippen MR) is 128 cm³/mol. The van der Waals surface area contributed by atoms with Gasteiger partial charge in [-0.25, -0.2) is 0 Å². The minimum Gasteiger partial charge on any atom is -0.461 e. The third kappa shape index (κ3) is 6.10. The molecule has 38 heavy (non-hydrogen) atoms. The van der Waals surface area contributed by atoms with Crippen LogP contribution in [-0.4, -0.2) is 43.8 Å². The zero-order valence-electron chi connectivity index (χ0n) is 20.0. The second-order valence-corrected chi connectivity index (χ2v) is 9.03. The Hall–Kier alpha value is -4.42. The normalized spacial score (nSPS) is 15.5. The number of aromatic nitrogens is 5. The molecule has 198 valence electrons. The number of amides is 1. The molecular formula is C25H23F3N6O4. The molecule has 5 rings (SSSR count). The van der Waals surface area contributed by atoms with E-state index in [-0.39, 0.29) is 30.6 Å². The highest BCUT2D eigenvalue weighted by molar-refractivity contribution is 6.04. The molecule has 1 aliphatic carbocycles. The fourth-order valence-corrected chi connectivity index (χ4v) is 4.51. The van der Waals surface area contributed by atoms with E-state index in [1.54, 1.807) is 18.2 Å². The highest BCUT2D eigenvalue weighted by atomic mass is 19.4. The molecule has 2 aromatic carbocycles. The van der Waals surface area contributed by atoms with Gasteiger partial charge in [-0.05, 0) is 67.5 Å². The molecule has 10 nitrogen and oxygen atoms in total. The molecule has 0 bridgehead atoms. The lowest BCUT2D eigenvalue weighted by Gasteiger charge is -2.13. The van der Waals surface area contributed by atoms with Gasteiger partial charge in [0.15, 0.2) is 5.69 Å². The number of aromatic amines is 2. The van der Waals surface area contributed by atoms with Gasteiger partial charge >= 0.3 is 12.3 Å². The molecule has 2 heterocycles. The number of fused-ring (bicyclic) bond motifs is 2. The summed E-state index contributed by atoms with van der Waals surface area (Å²) in [5.74, 6) is -1.09. The van der Waals surface area contributed by atoms with Crippen LogP contribution in [0.25, 0.3) is 11.0 Å². The average Bonchev–Trinajstić information content (AvgIpc) is 3.44. The van der Waals surface area contributed by atoms with Crippen molar-refractivity contribution in [3.05, 3.63) is 65.0 Å². The molecule has 1 amide bonds. The van der Waals surface area contributed by atoms with Gasteiger partial charge in [-0.15, -0.1) is 13.2 Å². The maximum absolute atomic E-state index is 12.9. The lowest BCUT2D eigenvalue weighted by atomic mass is 9.96. The predicted octanol–water partition coefficient (Wildman–Crippen LogP) is 4.46. The Labute approximate surface area is 213 Å². The van der Waals surface area contributed by atoms with Crippen LogP contribution in [0.3, 0.4) is 0 Å². The highest BCUT2D eigenvalue weighted by Crippen LogP contribution is 2.29. The molecule has 0 radical (unpaired) electrons. The number of nitrogens with one attached hydrogen (secondary N) is 3. The van der Waals surface area contributed by atoms with Gasteiger partial charge in [0.25, 0.3) is 5.91 Å². The van der Waals surface area contributed by atoms with E-state index in [4.69, 9.17) is 4.74 Å². The second-order valence-electron chi connectivity index (χ2n) is 9.03. The number of hydrogen-bond acceptors (Lipinski definition) is 7. The summed E-state index contributed by atoms with van der Waals surface area (Å²) >= 11 is 0. The third-order valence-electron chi connectivity index (χ3n) is 6.29. The van der Waals surface area contributed by atoms with E-state index in [9.17, 15) is 22.8 Å². The van der Waals surface area contributed by atoms with E-state index in [1.807, 2.05) is 0 Å². The van der Waals surface area contributed by atoms with E-state index < -0.39 is 12.3 Å². The van der Waals surface area contributed by atoms with Crippen LogP contribution >= 0.6 is 0 Å². The Balaban J connectivity index is 1.15. The van der Waals surface area contributed by atoms with E-state index >= 15 is 0 Å². The summed E-state index contributed by atoms with van der Waals surface area (Å²) < 4.78 is 46.0. The maximum Gasteiger partial charge on any atom is 0.573 e. The Bertz CT molecular complexity index is 1450. The second kappa shape index (κ2) is 10.5. The van der Waals surface area contributed by atoms with Gasteiger partial charge in [0.2, 0.25) is 0 Å². The van der Waals surface area contributed by atoms with Crippen LogP contribution in [0.5, 0.6) is 5.75 Å². The summed E-state index contributed by atoms with van der Waals surface area (Å²) in [5.41, 5.74) is 4.41. The van der Waals surface area contributed by atoms with Gasteiger partial charge in [-0.3, -0.25) is 14.7 Å².